The highest BCUT2D eigenvalue weighted by molar-refractivity contribution is 5.92. The molecule has 1 N–H and O–H groups in total. The van der Waals surface area contributed by atoms with E-state index >= 15 is 0 Å². The SMILES string of the molecule is CCN(C)CCNC(=O)C1CCN(C(=O)C=Cc2ccccc2)CC1. The number of nitrogens with one attached hydrogen (secondary N) is 1. The smallest absolute Gasteiger partial charge is 0.246 e. The van der Waals surface area contributed by atoms with Crippen LogP contribution in [0.3, 0.4) is 0 Å². The van der Waals surface area contributed by atoms with Gasteiger partial charge in [-0.25, -0.2) is 0 Å². The van der Waals surface area contributed by atoms with Gasteiger partial charge in [0.15, 0.2) is 0 Å². The molecule has 0 saturated carbocycles. The van der Waals surface area contributed by atoms with Crippen LogP contribution in [0.25, 0.3) is 6.08 Å². The summed E-state index contributed by atoms with van der Waals surface area (Å²) in [5, 5.41) is 3.01. The molecule has 0 atom stereocenters. The Hall–Kier alpha value is -2.14. The molecule has 0 aliphatic carbocycles. The van der Waals surface area contributed by atoms with Gasteiger partial charge in [0.1, 0.15) is 0 Å². The number of likely N-dealkylation sites (tertiary alicyclic amines) is 1. The zero-order valence-electron chi connectivity index (χ0n) is 15.3. The first-order valence-corrected chi connectivity index (χ1v) is 9.08. The van der Waals surface area contributed by atoms with Crippen molar-refractivity contribution in [1.29, 1.82) is 0 Å². The van der Waals surface area contributed by atoms with Crippen LogP contribution in [0.15, 0.2) is 36.4 Å². The Labute approximate surface area is 150 Å². The fourth-order valence-electron chi connectivity index (χ4n) is 2.87. The average molecular weight is 343 g/mol. The third-order valence-electron chi connectivity index (χ3n) is 4.73. The van der Waals surface area contributed by atoms with Gasteiger partial charge in [-0.2, -0.15) is 0 Å². The summed E-state index contributed by atoms with van der Waals surface area (Å²) in [7, 11) is 2.04. The Kier molecular flexibility index (Phi) is 7.67. The second-order valence-corrected chi connectivity index (χ2v) is 6.53. The lowest BCUT2D eigenvalue weighted by atomic mass is 9.96. The number of nitrogens with zero attached hydrogens (tertiary/aromatic N) is 2. The lowest BCUT2D eigenvalue weighted by molar-refractivity contribution is -0.132. The lowest BCUT2D eigenvalue weighted by Gasteiger charge is -2.30. The Morgan fingerprint density at radius 2 is 1.92 bits per heavy atom. The molecule has 2 rings (SSSR count). The van der Waals surface area contributed by atoms with Crippen molar-refractivity contribution in [3.05, 3.63) is 42.0 Å². The largest absolute Gasteiger partial charge is 0.355 e. The van der Waals surface area contributed by atoms with E-state index in [0.717, 1.165) is 31.5 Å². The standard InChI is InChI=1S/C20H29N3O2/c1-3-22(2)16-13-21-20(25)18-11-14-23(15-12-18)19(24)10-9-17-7-5-4-6-8-17/h4-10,18H,3,11-16H2,1-2H3,(H,21,25). The van der Waals surface area contributed by atoms with Crippen molar-refractivity contribution >= 4 is 17.9 Å². The second kappa shape index (κ2) is 9.99. The first kappa shape index (κ1) is 19.2. The van der Waals surface area contributed by atoms with Gasteiger partial charge < -0.3 is 15.1 Å². The van der Waals surface area contributed by atoms with Crippen molar-refractivity contribution < 1.29 is 9.59 Å². The Balaban J connectivity index is 1.72. The van der Waals surface area contributed by atoms with Crippen LogP contribution >= 0.6 is 0 Å². The van der Waals surface area contributed by atoms with E-state index in [0.29, 0.717) is 19.6 Å². The second-order valence-electron chi connectivity index (χ2n) is 6.53. The van der Waals surface area contributed by atoms with Gasteiger partial charge in [-0.3, -0.25) is 9.59 Å². The minimum absolute atomic E-state index is 0.0206. The van der Waals surface area contributed by atoms with E-state index in [1.807, 2.05) is 48.4 Å². The number of hydrogen-bond acceptors (Lipinski definition) is 3. The summed E-state index contributed by atoms with van der Waals surface area (Å²) < 4.78 is 0. The molecule has 25 heavy (non-hydrogen) atoms. The summed E-state index contributed by atoms with van der Waals surface area (Å²) in [6.07, 6.45) is 4.93. The van der Waals surface area contributed by atoms with E-state index in [1.165, 1.54) is 0 Å². The first-order chi connectivity index (χ1) is 12.1. The predicted molar refractivity (Wildman–Crippen MR) is 101 cm³/mol. The van der Waals surface area contributed by atoms with E-state index in [1.54, 1.807) is 6.08 Å². The molecule has 0 radical (unpaired) electrons. The molecule has 136 valence electrons. The number of rotatable bonds is 7. The van der Waals surface area contributed by atoms with Crippen LogP contribution in [0.2, 0.25) is 0 Å². The third-order valence-corrected chi connectivity index (χ3v) is 4.73. The maximum Gasteiger partial charge on any atom is 0.246 e. The Bertz CT molecular complexity index is 578. The topological polar surface area (TPSA) is 52.7 Å². The van der Waals surface area contributed by atoms with E-state index in [-0.39, 0.29) is 17.7 Å². The zero-order valence-corrected chi connectivity index (χ0v) is 15.3. The number of piperidine rings is 1. The van der Waals surface area contributed by atoms with Crippen molar-refractivity contribution in [2.24, 2.45) is 5.92 Å². The molecule has 1 fully saturated rings. The van der Waals surface area contributed by atoms with Gasteiger partial charge in [0, 0.05) is 38.2 Å². The highest BCUT2D eigenvalue weighted by Gasteiger charge is 2.26. The van der Waals surface area contributed by atoms with Crippen molar-refractivity contribution in [3.8, 4) is 0 Å². The van der Waals surface area contributed by atoms with Gasteiger partial charge in [-0.15, -0.1) is 0 Å². The molecule has 5 heteroatoms. The van der Waals surface area contributed by atoms with Gasteiger partial charge in [0.25, 0.3) is 0 Å². The lowest BCUT2D eigenvalue weighted by Crippen LogP contribution is -2.43. The van der Waals surface area contributed by atoms with Crippen LogP contribution in [-0.2, 0) is 9.59 Å². The monoisotopic (exact) mass is 343 g/mol. The molecule has 0 aromatic heterocycles. The summed E-state index contributed by atoms with van der Waals surface area (Å²) in [6.45, 7) is 5.91. The molecule has 5 nitrogen and oxygen atoms in total. The highest BCUT2D eigenvalue weighted by atomic mass is 16.2. The van der Waals surface area contributed by atoms with Gasteiger partial charge in [0.2, 0.25) is 11.8 Å². The molecule has 2 amide bonds. The summed E-state index contributed by atoms with van der Waals surface area (Å²) >= 11 is 0. The fraction of sp³-hybridized carbons (Fsp3) is 0.500. The number of carbonyl (C=O) groups excluding carboxylic acids is 2. The molecule has 1 aliphatic rings. The molecule has 1 aromatic rings. The van der Waals surface area contributed by atoms with Crippen molar-refractivity contribution in [1.82, 2.24) is 15.1 Å². The molecule has 0 bridgehead atoms. The minimum atomic E-state index is 0.0206. The normalized spacial score (nSPS) is 15.7. The van der Waals surface area contributed by atoms with Crippen LogP contribution in [0.4, 0.5) is 0 Å². The van der Waals surface area contributed by atoms with E-state index < -0.39 is 0 Å². The molecule has 0 spiro atoms. The Morgan fingerprint density at radius 1 is 1.24 bits per heavy atom. The minimum Gasteiger partial charge on any atom is -0.355 e. The fourth-order valence-corrected chi connectivity index (χ4v) is 2.87. The predicted octanol–water partition coefficient (Wildman–Crippen LogP) is 2.01. The number of amides is 2. The van der Waals surface area contributed by atoms with Gasteiger partial charge in [-0.1, -0.05) is 37.3 Å². The molecular weight excluding hydrogens is 314 g/mol. The van der Waals surface area contributed by atoms with E-state index in [4.69, 9.17) is 0 Å². The molecule has 0 unspecified atom stereocenters. The van der Waals surface area contributed by atoms with Crippen molar-refractivity contribution in [3.63, 3.8) is 0 Å². The summed E-state index contributed by atoms with van der Waals surface area (Å²) in [6, 6.07) is 9.79. The van der Waals surface area contributed by atoms with E-state index in [2.05, 4.69) is 17.1 Å². The van der Waals surface area contributed by atoms with Gasteiger partial charge >= 0.3 is 0 Å². The molecular formula is C20H29N3O2. The summed E-state index contributed by atoms with van der Waals surface area (Å²) in [4.78, 5) is 28.5. The third kappa shape index (κ3) is 6.35. The molecule has 1 heterocycles. The van der Waals surface area contributed by atoms with Crippen LogP contribution < -0.4 is 5.32 Å². The maximum atomic E-state index is 12.3. The first-order valence-electron chi connectivity index (χ1n) is 9.08. The summed E-state index contributed by atoms with van der Waals surface area (Å²) in [5.41, 5.74) is 1.02. The number of benzene rings is 1. The van der Waals surface area contributed by atoms with Gasteiger partial charge in [0.05, 0.1) is 0 Å². The van der Waals surface area contributed by atoms with Crippen LogP contribution in [0.5, 0.6) is 0 Å². The van der Waals surface area contributed by atoms with Crippen LogP contribution in [0, 0.1) is 5.92 Å². The maximum absolute atomic E-state index is 12.3. The number of carbonyl (C=O) groups is 2. The molecule has 1 aliphatic heterocycles. The molecule has 1 saturated heterocycles. The number of likely N-dealkylation sites (N-methyl/N-ethyl adjacent to an activating group) is 1. The quantitative estimate of drug-likeness (QED) is 0.771. The van der Waals surface area contributed by atoms with E-state index in [9.17, 15) is 9.59 Å². The highest BCUT2D eigenvalue weighted by Crippen LogP contribution is 2.17. The summed E-state index contributed by atoms with van der Waals surface area (Å²) in [5.74, 6) is 0.165. The van der Waals surface area contributed by atoms with Crippen molar-refractivity contribution in [2.45, 2.75) is 19.8 Å². The Morgan fingerprint density at radius 3 is 2.56 bits per heavy atom. The zero-order chi connectivity index (χ0) is 18.1. The van der Waals surface area contributed by atoms with Crippen LogP contribution in [0.1, 0.15) is 25.3 Å². The molecule has 1 aromatic carbocycles. The van der Waals surface area contributed by atoms with Gasteiger partial charge in [-0.05, 0) is 38.1 Å². The number of hydrogen-bond donors (Lipinski definition) is 1. The van der Waals surface area contributed by atoms with Crippen LogP contribution in [-0.4, -0.2) is 61.4 Å². The average Bonchev–Trinajstić information content (AvgIpc) is 2.66. The van der Waals surface area contributed by atoms with Crippen molar-refractivity contribution in [2.75, 3.05) is 39.8 Å².